The third-order valence-electron chi connectivity index (χ3n) is 3.96. The van der Waals surface area contributed by atoms with Crippen LogP contribution in [0.1, 0.15) is 25.8 Å². The van der Waals surface area contributed by atoms with E-state index in [1.807, 2.05) is 13.8 Å². The van der Waals surface area contributed by atoms with E-state index in [1.54, 1.807) is 23.1 Å². The molecule has 1 amide bonds. The minimum absolute atomic E-state index is 0.0423. The fraction of sp³-hybridized carbons (Fsp3) is 0.562. The van der Waals surface area contributed by atoms with Crippen molar-refractivity contribution in [3.63, 3.8) is 0 Å². The molecule has 0 fully saturated rings. The van der Waals surface area contributed by atoms with Gasteiger partial charge in [-0.15, -0.1) is 0 Å². The summed E-state index contributed by atoms with van der Waals surface area (Å²) < 4.78 is 35.9. The second kappa shape index (κ2) is 7.85. The molecule has 0 unspecified atom stereocenters. The first kappa shape index (κ1) is 18.5. The third-order valence-corrected chi connectivity index (χ3v) is 5.21. The minimum atomic E-state index is -3.42. The van der Waals surface area contributed by atoms with Crippen LogP contribution in [0, 0.1) is 0 Å². The van der Waals surface area contributed by atoms with Gasteiger partial charge in [-0.1, -0.05) is 6.07 Å². The molecule has 0 saturated heterocycles. The lowest BCUT2D eigenvalue weighted by atomic mass is 10.2. The smallest absolute Gasteiger partial charge is 0.231 e. The van der Waals surface area contributed by atoms with Gasteiger partial charge in [-0.05, 0) is 31.5 Å². The van der Waals surface area contributed by atoms with Gasteiger partial charge in [0.1, 0.15) is 0 Å². The van der Waals surface area contributed by atoms with Crippen LogP contribution in [-0.2, 0) is 21.4 Å². The number of amides is 1. The van der Waals surface area contributed by atoms with Crippen LogP contribution in [0.3, 0.4) is 0 Å². The molecule has 1 aromatic carbocycles. The highest BCUT2D eigenvalue weighted by Gasteiger charge is 2.21. The van der Waals surface area contributed by atoms with Gasteiger partial charge in [-0.25, -0.2) is 8.42 Å². The van der Waals surface area contributed by atoms with Crippen LogP contribution in [-0.4, -0.2) is 56.2 Å². The first-order valence-corrected chi connectivity index (χ1v) is 9.81. The summed E-state index contributed by atoms with van der Waals surface area (Å²) in [5.41, 5.74) is 0.792. The standard InChI is InChI=1S/C16H24N2O5S/c1-4-17(5-2)16(19)8-9-18(24(3,20)21)11-13-6-7-14-15(10-13)23-12-22-14/h6-7,10H,4-5,8-9,11-12H2,1-3H3. The summed E-state index contributed by atoms with van der Waals surface area (Å²) in [6.45, 7) is 5.58. The molecule has 134 valence electrons. The number of sulfonamides is 1. The lowest BCUT2D eigenvalue weighted by Gasteiger charge is -2.23. The number of nitrogens with zero attached hydrogens (tertiary/aromatic N) is 2. The van der Waals surface area contributed by atoms with E-state index in [9.17, 15) is 13.2 Å². The maximum atomic E-state index is 12.1. The molecule has 0 N–H and O–H groups in total. The van der Waals surface area contributed by atoms with E-state index in [-0.39, 0.29) is 32.2 Å². The van der Waals surface area contributed by atoms with Crippen LogP contribution >= 0.6 is 0 Å². The van der Waals surface area contributed by atoms with Crippen molar-refractivity contribution in [1.82, 2.24) is 9.21 Å². The summed E-state index contributed by atoms with van der Waals surface area (Å²) in [5.74, 6) is 1.22. The molecule has 0 radical (unpaired) electrons. The van der Waals surface area contributed by atoms with Gasteiger partial charge in [-0.2, -0.15) is 4.31 Å². The van der Waals surface area contributed by atoms with Crippen LogP contribution < -0.4 is 9.47 Å². The number of hydrogen-bond acceptors (Lipinski definition) is 5. The fourth-order valence-electron chi connectivity index (χ4n) is 2.56. The molecule has 0 spiro atoms. The highest BCUT2D eigenvalue weighted by Crippen LogP contribution is 2.32. The van der Waals surface area contributed by atoms with E-state index in [0.717, 1.165) is 11.8 Å². The molecular formula is C16H24N2O5S. The quantitative estimate of drug-likeness (QED) is 0.704. The summed E-state index contributed by atoms with van der Waals surface area (Å²) >= 11 is 0. The Kier molecular flexibility index (Phi) is 6.06. The zero-order valence-corrected chi connectivity index (χ0v) is 15.1. The number of benzene rings is 1. The molecule has 24 heavy (non-hydrogen) atoms. The molecule has 2 rings (SSSR count). The molecule has 0 aliphatic carbocycles. The molecule has 7 nitrogen and oxygen atoms in total. The predicted octanol–water partition coefficient (Wildman–Crippen LogP) is 1.44. The van der Waals surface area contributed by atoms with Crippen molar-refractivity contribution in [1.29, 1.82) is 0 Å². The van der Waals surface area contributed by atoms with Gasteiger partial charge in [0.2, 0.25) is 22.7 Å². The molecule has 0 aromatic heterocycles. The van der Waals surface area contributed by atoms with Gasteiger partial charge in [-0.3, -0.25) is 4.79 Å². The Morgan fingerprint density at radius 1 is 1.17 bits per heavy atom. The summed E-state index contributed by atoms with van der Waals surface area (Å²) in [6.07, 6.45) is 1.32. The average molecular weight is 356 g/mol. The van der Waals surface area contributed by atoms with E-state index >= 15 is 0 Å². The van der Waals surface area contributed by atoms with Crippen LogP contribution in [0.5, 0.6) is 11.5 Å². The number of carbonyl (C=O) groups is 1. The zero-order chi connectivity index (χ0) is 17.7. The average Bonchev–Trinajstić information content (AvgIpc) is 2.99. The van der Waals surface area contributed by atoms with E-state index in [2.05, 4.69) is 0 Å². The van der Waals surface area contributed by atoms with E-state index in [4.69, 9.17) is 9.47 Å². The van der Waals surface area contributed by atoms with Gasteiger partial charge >= 0.3 is 0 Å². The second-order valence-electron chi connectivity index (χ2n) is 5.60. The summed E-state index contributed by atoms with van der Waals surface area (Å²) in [4.78, 5) is 13.8. The predicted molar refractivity (Wildman–Crippen MR) is 90.4 cm³/mol. The molecule has 0 saturated carbocycles. The molecule has 1 heterocycles. The van der Waals surface area contributed by atoms with Crippen molar-refractivity contribution >= 4 is 15.9 Å². The monoisotopic (exact) mass is 356 g/mol. The van der Waals surface area contributed by atoms with Crippen molar-refractivity contribution in [2.75, 3.05) is 32.7 Å². The Morgan fingerprint density at radius 3 is 2.46 bits per heavy atom. The SMILES string of the molecule is CCN(CC)C(=O)CCN(Cc1ccc2c(c1)OCO2)S(C)(=O)=O. The van der Waals surface area contributed by atoms with E-state index in [0.29, 0.717) is 24.6 Å². The number of carbonyl (C=O) groups excluding carboxylic acids is 1. The minimum Gasteiger partial charge on any atom is -0.454 e. The van der Waals surface area contributed by atoms with Gasteiger partial charge in [0.25, 0.3) is 0 Å². The Morgan fingerprint density at radius 2 is 1.83 bits per heavy atom. The Hall–Kier alpha value is -1.80. The van der Waals surface area contributed by atoms with Crippen LogP contribution in [0.15, 0.2) is 18.2 Å². The van der Waals surface area contributed by atoms with Gasteiger partial charge in [0, 0.05) is 32.6 Å². The Labute approximate surface area is 143 Å². The van der Waals surface area contributed by atoms with Gasteiger partial charge in [0.05, 0.1) is 6.26 Å². The highest BCUT2D eigenvalue weighted by atomic mass is 32.2. The van der Waals surface area contributed by atoms with Crippen molar-refractivity contribution in [2.45, 2.75) is 26.8 Å². The summed E-state index contributed by atoms with van der Waals surface area (Å²) in [5, 5.41) is 0. The lowest BCUT2D eigenvalue weighted by Crippen LogP contribution is -2.36. The largest absolute Gasteiger partial charge is 0.454 e. The van der Waals surface area contributed by atoms with Gasteiger partial charge in [0.15, 0.2) is 11.5 Å². The van der Waals surface area contributed by atoms with Crippen molar-refractivity contribution in [3.05, 3.63) is 23.8 Å². The summed E-state index contributed by atoms with van der Waals surface area (Å²) in [7, 11) is -3.42. The molecule has 1 aliphatic heterocycles. The molecule has 8 heteroatoms. The van der Waals surface area contributed by atoms with E-state index in [1.165, 1.54) is 4.31 Å². The maximum absolute atomic E-state index is 12.1. The van der Waals surface area contributed by atoms with Crippen molar-refractivity contribution < 1.29 is 22.7 Å². The third kappa shape index (κ3) is 4.61. The number of rotatable bonds is 8. The number of fused-ring (bicyclic) bond motifs is 1. The molecule has 0 bridgehead atoms. The normalized spacial score (nSPS) is 13.3. The first-order valence-electron chi connectivity index (χ1n) is 7.96. The Bertz CT molecular complexity index is 686. The second-order valence-corrected chi connectivity index (χ2v) is 7.58. The number of hydrogen-bond donors (Lipinski definition) is 0. The van der Waals surface area contributed by atoms with Crippen molar-refractivity contribution in [2.24, 2.45) is 0 Å². The van der Waals surface area contributed by atoms with Crippen molar-refractivity contribution in [3.8, 4) is 11.5 Å². The highest BCUT2D eigenvalue weighted by molar-refractivity contribution is 7.88. The first-order chi connectivity index (χ1) is 11.3. The number of ether oxygens (including phenoxy) is 2. The van der Waals surface area contributed by atoms with Crippen LogP contribution in [0.2, 0.25) is 0 Å². The molecule has 0 atom stereocenters. The summed E-state index contributed by atoms with van der Waals surface area (Å²) in [6, 6.07) is 5.34. The topological polar surface area (TPSA) is 76.2 Å². The zero-order valence-electron chi connectivity index (χ0n) is 14.3. The fourth-order valence-corrected chi connectivity index (χ4v) is 3.37. The van der Waals surface area contributed by atoms with Gasteiger partial charge < -0.3 is 14.4 Å². The Balaban J connectivity index is 2.05. The maximum Gasteiger partial charge on any atom is 0.231 e. The molecule has 1 aromatic rings. The lowest BCUT2D eigenvalue weighted by molar-refractivity contribution is -0.130. The molecular weight excluding hydrogens is 332 g/mol. The van der Waals surface area contributed by atoms with Crippen LogP contribution in [0.4, 0.5) is 0 Å². The van der Waals surface area contributed by atoms with E-state index < -0.39 is 10.0 Å². The van der Waals surface area contributed by atoms with Crippen LogP contribution in [0.25, 0.3) is 0 Å². The molecule has 1 aliphatic rings.